The molecule has 0 heterocycles. The van der Waals surface area contributed by atoms with Gasteiger partial charge in [-0.3, -0.25) is 4.79 Å². The van der Waals surface area contributed by atoms with Crippen molar-refractivity contribution in [2.24, 2.45) is 0 Å². The second kappa shape index (κ2) is 5.38. The zero-order chi connectivity index (χ0) is 13.9. The van der Waals surface area contributed by atoms with Crippen LogP contribution in [0.1, 0.15) is 6.92 Å². The van der Waals surface area contributed by atoms with Crippen LogP contribution in [-0.2, 0) is 14.8 Å². The summed E-state index contributed by atoms with van der Waals surface area (Å²) in [5.74, 6) is 0. The summed E-state index contributed by atoms with van der Waals surface area (Å²) in [6.07, 6.45) is -0.211. The van der Waals surface area contributed by atoms with Crippen molar-refractivity contribution in [2.45, 2.75) is 18.0 Å². The Morgan fingerprint density at radius 2 is 1.79 bits per heavy atom. The van der Waals surface area contributed by atoms with Crippen LogP contribution in [-0.4, -0.2) is 21.0 Å². The highest BCUT2D eigenvalue weighted by Crippen LogP contribution is 2.22. The zero-order valence-electron chi connectivity index (χ0n) is 10.3. The van der Waals surface area contributed by atoms with Gasteiger partial charge in [0.25, 0.3) is 0 Å². The fourth-order valence-corrected chi connectivity index (χ4v) is 3.26. The molecule has 0 spiro atoms. The molecule has 0 aliphatic carbocycles. The normalized spacial score (nSPS) is 13.1. The summed E-state index contributed by atoms with van der Waals surface area (Å²) < 4.78 is 26.9. The van der Waals surface area contributed by atoms with Gasteiger partial charge in [-0.05, 0) is 18.4 Å². The molecule has 2 N–H and O–H groups in total. The first kappa shape index (κ1) is 13.5. The molecule has 5 nitrogen and oxygen atoms in total. The number of amides is 1. The van der Waals surface area contributed by atoms with Crippen molar-refractivity contribution in [1.29, 1.82) is 0 Å². The van der Waals surface area contributed by atoms with Crippen LogP contribution in [0.5, 0.6) is 0 Å². The Labute approximate surface area is 111 Å². The van der Waals surface area contributed by atoms with Crippen LogP contribution in [0.2, 0.25) is 0 Å². The third-order valence-electron chi connectivity index (χ3n) is 2.69. The predicted octanol–water partition coefficient (Wildman–Crippen LogP) is 1.21. The lowest BCUT2D eigenvalue weighted by molar-refractivity contribution is -0.110. The molecule has 0 bridgehead atoms. The van der Waals surface area contributed by atoms with E-state index in [2.05, 4.69) is 10.0 Å². The lowest BCUT2D eigenvalue weighted by Gasteiger charge is -2.14. The van der Waals surface area contributed by atoms with Gasteiger partial charge in [0.2, 0.25) is 16.4 Å². The van der Waals surface area contributed by atoms with Crippen molar-refractivity contribution in [3.05, 3.63) is 42.5 Å². The van der Waals surface area contributed by atoms with Gasteiger partial charge >= 0.3 is 0 Å². The summed E-state index contributed by atoms with van der Waals surface area (Å²) in [5, 5.41) is 3.85. The van der Waals surface area contributed by atoms with Gasteiger partial charge in [-0.15, -0.1) is 0 Å². The standard InChI is InChI=1S/C13H14N2O3S/c1-10(14-9-16)15-19(17,18)13-8-4-6-11-5-2-3-7-12(11)13/h2-10,15H,1H3,(H,14,16). The van der Waals surface area contributed by atoms with Gasteiger partial charge in [0.05, 0.1) is 11.1 Å². The Morgan fingerprint density at radius 1 is 1.11 bits per heavy atom. The minimum Gasteiger partial charge on any atom is -0.343 e. The number of hydrogen-bond acceptors (Lipinski definition) is 3. The maximum atomic E-state index is 12.3. The maximum Gasteiger partial charge on any atom is 0.242 e. The molecular weight excluding hydrogens is 264 g/mol. The van der Waals surface area contributed by atoms with Crippen molar-refractivity contribution < 1.29 is 13.2 Å². The van der Waals surface area contributed by atoms with Crippen LogP contribution in [0.15, 0.2) is 47.4 Å². The third-order valence-corrected chi connectivity index (χ3v) is 4.29. The van der Waals surface area contributed by atoms with E-state index in [9.17, 15) is 13.2 Å². The molecule has 1 atom stereocenters. The van der Waals surface area contributed by atoms with E-state index in [0.29, 0.717) is 11.8 Å². The zero-order valence-corrected chi connectivity index (χ0v) is 11.1. The van der Waals surface area contributed by atoms with Crippen molar-refractivity contribution in [3.63, 3.8) is 0 Å². The molecule has 0 aromatic heterocycles. The van der Waals surface area contributed by atoms with Gasteiger partial charge < -0.3 is 5.32 Å². The van der Waals surface area contributed by atoms with Gasteiger partial charge in [0, 0.05) is 5.39 Å². The summed E-state index contributed by atoms with van der Waals surface area (Å²) in [6.45, 7) is 1.55. The number of nitrogens with one attached hydrogen (secondary N) is 2. The Bertz CT molecular complexity index is 693. The second-order valence-electron chi connectivity index (χ2n) is 4.10. The number of rotatable bonds is 5. The Morgan fingerprint density at radius 3 is 2.53 bits per heavy atom. The van der Waals surface area contributed by atoms with Gasteiger partial charge in [0.1, 0.15) is 0 Å². The number of sulfonamides is 1. The number of fused-ring (bicyclic) bond motifs is 1. The van der Waals surface area contributed by atoms with Gasteiger partial charge in [-0.2, -0.15) is 4.72 Å². The SMILES string of the molecule is CC(NC=O)NS(=O)(=O)c1cccc2ccccc12. The molecule has 0 saturated carbocycles. The van der Waals surface area contributed by atoms with Crippen LogP contribution in [0, 0.1) is 0 Å². The number of benzene rings is 2. The number of hydrogen-bond donors (Lipinski definition) is 2. The highest BCUT2D eigenvalue weighted by Gasteiger charge is 2.19. The maximum absolute atomic E-state index is 12.3. The lowest BCUT2D eigenvalue weighted by Crippen LogP contribution is -2.42. The average Bonchev–Trinajstić information content (AvgIpc) is 2.37. The van der Waals surface area contributed by atoms with Gasteiger partial charge in [-0.25, -0.2) is 8.42 Å². The molecule has 1 unspecified atom stereocenters. The van der Waals surface area contributed by atoms with Crippen LogP contribution >= 0.6 is 0 Å². The van der Waals surface area contributed by atoms with Crippen LogP contribution in [0.25, 0.3) is 10.8 Å². The monoisotopic (exact) mass is 278 g/mol. The minimum atomic E-state index is -3.68. The number of carbonyl (C=O) groups excluding carboxylic acids is 1. The Kier molecular flexibility index (Phi) is 3.82. The van der Waals surface area contributed by atoms with Crippen molar-refractivity contribution in [1.82, 2.24) is 10.0 Å². The molecule has 6 heteroatoms. The summed E-state index contributed by atoms with van der Waals surface area (Å²) >= 11 is 0. The quantitative estimate of drug-likeness (QED) is 0.637. The van der Waals surface area contributed by atoms with E-state index in [1.54, 1.807) is 25.1 Å². The molecule has 0 fully saturated rings. The lowest BCUT2D eigenvalue weighted by atomic mass is 10.1. The Hall–Kier alpha value is -1.92. The fourth-order valence-electron chi connectivity index (χ4n) is 1.86. The van der Waals surface area contributed by atoms with Crippen molar-refractivity contribution >= 4 is 27.2 Å². The summed E-state index contributed by atoms with van der Waals surface area (Å²) in [4.78, 5) is 10.5. The van der Waals surface area contributed by atoms with Crippen LogP contribution in [0.3, 0.4) is 0 Å². The van der Waals surface area contributed by atoms with Crippen LogP contribution < -0.4 is 10.0 Å². The molecule has 2 aromatic rings. The molecule has 100 valence electrons. The van der Waals surface area contributed by atoms with E-state index in [-0.39, 0.29) is 4.90 Å². The van der Waals surface area contributed by atoms with E-state index in [1.165, 1.54) is 6.07 Å². The third kappa shape index (κ3) is 2.91. The molecule has 0 aliphatic heterocycles. The second-order valence-corrected chi connectivity index (χ2v) is 5.79. The first-order chi connectivity index (χ1) is 9.04. The summed E-state index contributed by atoms with van der Waals surface area (Å²) in [6, 6.07) is 12.3. The molecule has 0 aliphatic rings. The van der Waals surface area contributed by atoms with E-state index in [1.807, 2.05) is 18.2 Å². The molecule has 0 saturated heterocycles. The fraction of sp³-hybridized carbons (Fsp3) is 0.154. The average molecular weight is 278 g/mol. The molecular formula is C13H14N2O3S. The molecule has 1 amide bonds. The molecule has 19 heavy (non-hydrogen) atoms. The van der Waals surface area contributed by atoms with Crippen molar-refractivity contribution in [3.8, 4) is 0 Å². The van der Waals surface area contributed by atoms with E-state index in [4.69, 9.17) is 0 Å². The molecule has 2 aromatic carbocycles. The smallest absolute Gasteiger partial charge is 0.242 e. The highest BCUT2D eigenvalue weighted by molar-refractivity contribution is 7.89. The summed E-state index contributed by atoms with van der Waals surface area (Å²) in [5.41, 5.74) is 0. The van der Waals surface area contributed by atoms with E-state index in [0.717, 1.165) is 5.39 Å². The summed E-state index contributed by atoms with van der Waals surface area (Å²) in [7, 11) is -3.68. The Balaban J connectivity index is 2.46. The highest BCUT2D eigenvalue weighted by atomic mass is 32.2. The van der Waals surface area contributed by atoms with Crippen LogP contribution in [0.4, 0.5) is 0 Å². The number of carbonyl (C=O) groups is 1. The topological polar surface area (TPSA) is 75.3 Å². The first-order valence-electron chi connectivity index (χ1n) is 5.74. The van der Waals surface area contributed by atoms with E-state index < -0.39 is 16.2 Å². The van der Waals surface area contributed by atoms with Crippen molar-refractivity contribution in [2.75, 3.05) is 0 Å². The predicted molar refractivity (Wildman–Crippen MR) is 72.9 cm³/mol. The van der Waals surface area contributed by atoms with E-state index >= 15 is 0 Å². The minimum absolute atomic E-state index is 0.199. The first-order valence-corrected chi connectivity index (χ1v) is 7.23. The molecule has 2 rings (SSSR count). The molecule has 0 radical (unpaired) electrons. The van der Waals surface area contributed by atoms with Gasteiger partial charge in [-0.1, -0.05) is 36.4 Å². The van der Waals surface area contributed by atoms with Gasteiger partial charge in [0.15, 0.2) is 0 Å². The largest absolute Gasteiger partial charge is 0.343 e.